The van der Waals surface area contributed by atoms with Crippen LogP contribution in [0.1, 0.15) is 19.8 Å². The number of hydrogen-bond acceptors (Lipinski definition) is 4. The Bertz CT molecular complexity index is 555. The molecule has 6 nitrogen and oxygen atoms in total. The van der Waals surface area contributed by atoms with Crippen LogP contribution in [0.25, 0.3) is 11.4 Å². The molecule has 1 fully saturated rings. The highest BCUT2D eigenvalue weighted by atomic mass is 15.5. The first-order valence-electron chi connectivity index (χ1n) is 6.38. The van der Waals surface area contributed by atoms with Crippen molar-refractivity contribution in [1.82, 2.24) is 24.8 Å². The Balaban J connectivity index is 1.90. The zero-order chi connectivity index (χ0) is 12.7. The summed E-state index contributed by atoms with van der Waals surface area (Å²) in [6.07, 6.45) is 4.30. The fourth-order valence-corrected chi connectivity index (χ4v) is 2.58. The van der Waals surface area contributed by atoms with Crippen LogP contribution in [0.5, 0.6) is 0 Å². The number of nitrogens with two attached hydrogens (primary N) is 1. The maximum absolute atomic E-state index is 5.93. The monoisotopic (exact) mass is 246 g/mol. The van der Waals surface area contributed by atoms with Crippen molar-refractivity contribution in [2.24, 2.45) is 18.9 Å². The fourth-order valence-electron chi connectivity index (χ4n) is 2.58. The van der Waals surface area contributed by atoms with Gasteiger partial charge in [-0.2, -0.15) is 5.10 Å². The van der Waals surface area contributed by atoms with Gasteiger partial charge in [0.1, 0.15) is 5.69 Å². The van der Waals surface area contributed by atoms with Gasteiger partial charge in [0.2, 0.25) is 0 Å². The Hall–Kier alpha value is -1.85. The van der Waals surface area contributed by atoms with Gasteiger partial charge < -0.3 is 5.73 Å². The number of nitrogen functional groups attached to an aromatic ring is 1. The molecule has 3 rings (SSSR count). The van der Waals surface area contributed by atoms with Crippen molar-refractivity contribution in [1.29, 1.82) is 0 Å². The lowest BCUT2D eigenvalue weighted by Gasteiger charge is -2.06. The largest absolute Gasteiger partial charge is 0.380 e. The van der Waals surface area contributed by atoms with Gasteiger partial charge in [-0.25, -0.2) is 4.68 Å². The van der Waals surface area contributed by atoms with E-state index in [4.69, 9.17) is 5.73 Å². The molecule has 2 aromatic heterocycles. The van der Waals surface area contributed by atoms with Gasteiger partial charge in [0.15, 0.2) is 5.82 Å². The first-order chi connectivity index (χ1) is 8.70. The minimum atomic E-state index is 0.479. The van der Waals surface area contributed by atoms with Gasteiger partial charge in [-0.1, -0.05) is 18.6 Å². The van der Waals surface area contributed by atoms with E-state index < -0.39 is 0 Å². The van der Waals surface area contributed by atoms with Gasteiger partial charge in [-0.05, 0) is 24.3 Å². The summed E-state index contributed by atoms with van der Waals surface area (Å²) in [4.78, 5) is 0. The predicted octanol–water partition coefficient (Wildman–Crippen LogP) is 1.31. The Kier molecular flexibility index (Phi) is 2.57. The van der Waals surface area contributed by atoms with Gasteiger partial charge in [-0.15, -0.1) is 5.10 Å². The molecule has 18 heavy (non-hydrogen) atoms. The van der Waals surface area contributed by atoms with Gasteiger partial charge in [0, 0.05) is 19.8 Å². The second kappa shape index (κ2) is 4.12. The van der Waals surface area contributed by atoms with Crippen LogP contribution in [0.15, 0.2) is 12.3 Å². The summed E-state index contributed by atoms with van der Waals surface area (Å²) >= 11 is 0. The molecule has 1 saturated carbocycles. The summed E-state index contributed by atoms with van der Waals surface area (Å²) in [6, 6.07) is 1.94. The van der Waals surface area contributed by atoms with E-state index in [0.717, 1.165) is 29.8 Å². The van der Waals surface area contributed by atoms with E-state index in [0.29, 0.717) is 5.82 Å². The van der Waals surface area contributed by atoms with Crippen molar-refractivity contribution >= 4 is 5.82 Å². The third-order valence-corrected chi connectivity index (χ3v) is 3.83. The van der Waals surface area contributed by atoms with Crippen LogP contribution in [0.3, 0.4) is 0 Å². The minimum absolute atomic E-state index is 0.479. The number of aryl methyl sites for hydroxylation is 1. The molecule has 0 bridgehead atoms. The molecule has 2 N–H and O–H groups in total. The standard InChI is InChI=1S/C12H18N6/c1-3-8-6-9(8)7-18-11(12(13)15-16-18)10-4-5-14-17(10)2/h4-5,8-9H,3,6-7,13H2,1-2H3/t8-,9+/m1/s1. The molecule has 0 radical (unpaired) electrons. The lowest BCUT2D eigenvalue weighted by Crippen LogP contribution is -2.08. The van der Waals surface area contributed by atoms with Gasteiger partial charge in [0.25, 0.3) is 0 Å². The van der Waals surface area contributed by atoms with Gasteiger partial charge in [-0.3, -0.25) is 4.68 Å². The highest BCUT2D eigenvalue weighted by molar-refractivity contribution is 5.66. The highest BCUT2D eigenvalue weighted by Gasteiger charge is 2.36. The third-order valence-electron chi connectivity index (χ3n) is 3.83. The SMILES string of the molecule is CC[C@@H]1C[C@H]1Cn1nnc(N)c1-c1ccnn1C. The molecule has 6 heteroatoms. The molecule has 0 saturated heterocycles. The summed E-state index contributed by atoms with van der Waals surface area (Å²) in [6.45, 7) is 3.14. The normalized spacial score (nSPS) is 22.3. The van der Waals surface area contributed by atoms with E-state index in [1.165, 1.54) is 12.8 Å². The lowest BCUT2D eigenvalue weighted by molar-refractivity contribution is 0.514. The van der Waals surface area contributed by atoms with E-state index in [2.05, 4.69) is 22.3 Å². The second-order valence-electron chi connectivity index (χ2n) is 5.01. The molecule has 0 spiro atoms. The molecule has 2 aromatic rings. The quantitative estimate of drug-likeness (QED) is 0.882. The molecule has 0 aliphatic heterocycles. The van der Waals surface area contributed by atoms with Crippen molar-refractivity contribution in [2.45, 2.75) is 26.3 Å². The Morgan fingerprint density at radius 1 is 1.44 bits per heavy atom. The van der Waals surface area contributed by atoms with E-state index >= 15 is 0 Å². The topological polar surface area (TPSA) is 74.6 Å². The van der Waals surface area contributed by atoms with E-state index in [-0.39, 0.29) is 0 Å². The average molecular weight is 246 g/mol. The predicted molar refractivity (Wildman–Crippen MR) is 68.5 cm³/mol. The molecule has 2 atom stereocenters. The van der Waals surface area contributed by atoms with Crippen LogP contribution in [0, 0.1) is 11.8 Å². The fraction of sp³-hybridized carbons (Fsp3) is 0.583. The smallest absolute Gasteiger partial charge is 0.175 e. The van der Waals surface area contributed by atoms with Gasteiger partial charge >= 0.3 is 0 Å². The van der Waals surface area contributed by atoms with E-state index in [9.17, 15) is 0 Å². The van der Waals surface area contributed by atoms with Crippen LogP contribution in [0.2, 0.25) is 0 Å². The van der Waals surface area contributed by atoms with Crippen LogP contribution in [-0.2, 0) is 13.6 Å². The summed E-state index contributed by atoms with van der Waals surface area (Å²) in [5.74, 6) is 2.05. The molecular weight excluding hydrogens is 228 g/mol. The van der Waals surface area contributed by atoms with Crippen LogP contribution in [-0.4, -0.2) is 24.8 Å². The Morgan fingerprint density at radius 3 is 2.89 bits per heavy atom. The summed E-state index contributed by atoms with van der Waals surface area (Å²) in [5, 5.41) is 12.3. The van der Waals surface area contributed by atoms with Gasteiger partial charge in [0.05, 0.1) is 5.69 Å². The first kappa shape index (κ1) is 11.3. The highest BCUT2D eigenvalue weighted by Crippen LogP contribution is 2.42. The van der Waals surface area contributed by atoms with Crippen LogP contribution >= 0.6 is 0 Å². The molecule has 0 aromatic carbocycles. The van der Waals surface area contributed by atoms with Crippen LogP contribution in [0.4, 0.5) is 5.82 Å². The number of aromatic nitrogens is 5. The summed E-state index contributed by atoms with van der Waals surface area (Å²) in [7, 11) is 1.90. The summed E-state index contributed by atoms with van der Waals surface area (Å²) < 4.78 is 3.72. The maximum atomic E-state index is 5.93. The summed E-state index contributed by atoms with van der Waals surface area (Å²) in [5.41, 5.74) is 7.78. The number of nitrogens with zero attached hydrogens (tertiary/aromatic N) is 5. The van der Waals surface area contributed by atoms with Crippen molar-refractivity contribution in [3.05, 3.63) is 12.3 Å². The Labute approximate surface area is 106 Å². The lowest BCUT2D eigenvalue weighted by atomic mass is 10.2. The molecule has 96 valence electrons. The molecular formula is C12H18N6. The number of hydrogen-bond donors (Lipinski definition) is 1. The number of rotatable bonds is 4. The first-order valence-corrected chi connectivity index (χ1v) is 6.38. The molecule has 2 heterocycles. The molecule has 0 unspecified atom stereocenters. The zero-order valence-corrected chi connectivity index (χ0v) is 10.7. The third kappa shape index (κ3) is 1.77. The Morgan fingerprint density at radius 2 is 2.28 bits per heavy atom. The van der Waals surface area contributed by atoms with Crippen molar-refractivity contribution in [3.8, 4) is 11.4 Å². The van der Waals surface area contributed by atoms with Crippen molar-refractivity contribution < 1.29 is 0 Å². The minimum Gasteiger partial charge on any atom is -0.380 e. The van der Waals surface area contributed by atoms with E-state index in [1.807, 2.05) is 17.8 Å². The molecule has 1 aliphatic rings. The second-order valence-corrected chi connectivity index (χ2v) is 5.01. The number of anilines is 1. The molecule has 0 amide bonds. The average Bonchev–Trinajstić information content (AvgIpc) is 2.84. The van der Waals surface area contributed by atoms with E-state index in [1.54, 1.807) is 10.9 Å². The maximum Gasteiger partial charge on any atom is 0.175 e. The zero-order valence-electron chi connectivity index (χ0n) is 10.7. The van der Waals surface area contributed by atoms with Crippen molar-refractivity contribution in [3.63, 3.8) is 0 Å². The van der Waals surface area contributed by atoms with Crippen molar-refractivity contribution in [2.75, 3.05) is 5.73 Å². The molecule has 1 aliphatic carbocycles. The van der Waals surface area contributed by atoms with Crippen LogP contribution < -0.4 is 5.73 Å².